The lowest BCUT2D eigenvalue weighted by Crippen LogP contribution is -2.29. The van der Waals surface area contributed by atoms with Gasteiger partial charge in [0, 0.05) is 0 Å². The zero-order chi connectivity index (χ0) is 17.3. The topological polar surface area (TPSA) is 83.9 Å². The number of benzene rings is 2. The van der Waals surface area contributed by atoms with Gasteiger partial charge in [0.1, 0.15) is 5.75 Å². The maximum Gasteiger partial charge on any atom is 0.305 e. The molecular weight excluding hydrogens is 330 g/mol. The molecular formula is C17H17NO5S. The van der Waals surface area contributed by atoms with Crippen LogP contribution in [0.3, 0.4) is 0 Å². The summed E-state index contributed by atoms with van der Waals surface area (Å²) < 4.78 is 32.3. The van der Waals surface area contributed by atoms with Crippen LogP contribution in [0.2, 0.25) is 0 Å². The molecule has 2 aromatic rings. The Balaban J connectivity index is 2.09. The van der Waals surface area contributed by atoms with Crippen molar-refractivity contribution in [1.29, 1.82) is 0 Å². The molecule has 0 radical (unpaired) electrons. The molecule has 7 heteroatoms. The number of carboxylic acid groups (broad SMARTS) is 1. The number of ether oxygens (including phenoxy) is 1. The highest BCUT2D eigenvalue weighted by Gasteiger charge is 2.43. The lowest BCUT2D eigenvalue weighted by Gasteiger charge is -2.24. The third kappa shape index (κ3) is 2.71. The molecule has 3 rings (SSSR count). The fourth-order valence-corrected chi connectivity index (χ4v) is 4.81. The maximum absolute atomic E-state index is 12.9. The molecule has 0 saturated heterocycles. The van der Waals surface area contributed by atoms with Gasteiger partial charge in [0.25, 0.3) is 10.0 Å². The van der Waals surface area contributed by atoms with E-state index in [1.165, 1.54) is 10.4 Å². The first-order valence-electron chi connectivity index (χ1n) is 7.53. The molecule has 0 saturated carbocycles. The Kier molecular flexibility index (Phi) is 4.19. The van der Waals surface area contributed by atoms with E-state index in [2.05, 4.69) is 0 Å². The van der Waals surface area contributed by atoms with Crippen LogP contribution < -0.4 is 9.04 Å². The van der Waals surface area contributed by atoms with Gasteiger partial charge in [-0.15, -0.1) is 0 Å². The standard InChI is InChI=1S/C17H17NO5S/c1-2-23-13-9-7-12(8-10-13)18-15(11-17(19)20)14-5-3-4-6-16(14)24(18,21)22/h3-10,15H,2,11H2,1H3,(H,19,20). The number of rotatable bonds is 5. The van der Waals surface area contributed by atoms with E-state index in [1.54, 1.807) is 42.5 Å². The quantitative estimate of drug-likeness (QED) is 0.899. The van der Waals surface area contributed by atoms with Crippen LogP contribution in [0.1, 0.15) is 24.9 Å². The third-order valence-corrected chi connectivity index (χ3v) is 5.78. The Morgan fingerprint density at radius 1 is 1.17 bits per heavy atom. The normalized spacial score (nSPS) is 18.2. The number of sulfonamides is 1. The van der Waals surface area contributed by atoms with Gasteiger partial charge in [-0.3, -0.25) is 9.10 Å². The van der Waals surface area contributed by atoms with E-state index >= 15 is 0 Å². The molecule has 24 heavy (non-hydrogen) atoms. The second-order valence-corrected chi connectivity index (χ2v) is 7.16. The highest BCUT2D eigenvalue weighted by Crippen LogP contribution is 2.44. The minimum Gasteiger partial charge on any atom is -0.494 e. The van der Waals surface area contributed by atoms with Crippen LogP contribution in [0.4, 0.5) is 5.69 Å². The fourth-order valence-electron chi connectivity index (χ4n) is 2.92. The van der Waals surface area contributed by atoms with Crippen molar-refractivity contribution in [3.8, 4) is 5.75 Å². The van der Waals surface area contributed by atoms with Crippen LogP contribution in [0, 0.1) is 0 Å². The number of carbonyl (C=O) groups is 1. The third-order valence-electron chi connectivity index (χ3n) is 3.87. The van der Waals surface area contributed by atoms with E-state index in [-0.39, 0.29) is 11.3 Å². The van der Waals surface area contributed by atoms with Gasteiger partial charge in [0.2, 0.25) is 0 Å². The molecule has 126 valence electrons. The summed E-state index contributed by atoms with van der Waals surface area (Å²) in [7, 11) is -3.79. The van der Waals surface area contributed by atoms with Crippen LogP contribution in [-0.4, -0.2) is 26.1 Å². The van der Waals surface area contributed by atoms with Crippen molar-refractivity contribution < 1.29 is 23.1 Å². The fraction of sp³-hybridized carbons (Fsp3) is 0.235. The molecule has 0 aliphatic carbocycles. The molecule has 0 spiro atoms. The first kappa shape index (κ1) is 16.3. The first-order valence-corrected chi connectivity index (χ1v) is 8.97. The summed E-state index contributed by atoms with van der Waals surface area (Å²) in [5, 5.41) is 9.21. The summed E-state index contributed by atoms with van der Waals surface area (Å²) in [5.74, 6) is -0.423. The van der Waals surface area contributed by atoms with Crippen molar-refractivity contribution in [3.05, 3.63) is 54.1 Å². The van der Waals surface area contributed by atoms with Gasteiger partial charge < -0.3 is 9.84 Å². The molecule has 0 aromatic heterocycles. The lowest BCUT2D eigenvalue weighted by atomic mass is 10.0. The maximum atomic E-state index is 12.9. The second kappa shape index (κ2) is 6.16. The predicted molar refractivity (Wildman–Crippen MR) is 88.7 cm³/mol. The van der Waals surface area contributed by atoms with Gasteiger partial charge in [-0.25, -0.2) is 8.42 Å². The van der Waals surface area contributed by atoms with E-state index in [0.29, 0.717) is 23.6 Å². The van der Waals surface area contributed by atoms with Crippen molar-refractivity contribution in [3.63, 3.8) is 0 Å². The zero-order valence-corrected chi connectivity index (χ0v) is 13.9. The van der Waals surface area contributed by atoms with Crippen LogP contribution in [-0.2, 0) is 14.8 Å². The Hall–Kier alpha value is -2.54. The number of hydrogen-bond donors (Lipinski definition) is 1. The number of fused-ring (bicyclic) bond motifs is 1. The Morgan fingerprint density at radius 3 is 2.46 bits per heavy atom. The van der Waals surface area contributed by atoms with E-state index in [9.17, 15) is 18.3 Å². The molecule has 1 aliphatic heterocycles. The zero-order valence-electron chi connectivity index (χ0n) is 13.0. The smallest absolute Gasteiger partial charge is 0.305 e. The largest absolute Gasteiger partial charge is 0.494 e. The summed E-state index contributed by atoms with van der Waals surface area (Å²) in [6, 6.07) is 12.4. The number of hydrogen-bond acceptors (Lipinski definition) is 4. The summed E-state index contributed by atoms with van der Waals surface area (Å²) in [4.78, 5) is 11.4. The van der Waals surface area contributed by atoms with Crippen molar-refractivity contribution in [1.82, 2.24) is 0 Å². The summed E-state index contributed by atoms with van der Waals surface area (Å²) in [6.07, 6.45) is -0.302. The molecule has 0 amide bonds. The molecule has 1 heterocycles. The minimum atomic E-state index is -3.79. The van der Waals surface area contributed by atoms with E-state index in [4.69, 9.17) is 4.74 Å². The van der Waals surface area contributed by atoms with Gasteiger partial charge in [-0.1, -0.05) is 18.2 Å². The number of carboxylic acids is 1. The monoisotopic (exact) mass is 347 g/mol. The van der Waals surface area contributed by atoms with Crippen molar-refractivity contribution in [2.24, 2.45) is 0 Å². The Bertz CT molecular complexity index is 861. The number of anilines is 1. The van der Waals surface area contributed by atoms with Gasteiger partial charge in [0.05, 0.1) is 29.7 Å². The minimum absolute atomic E-state index is 0.158. The molecule has 1 N–H and O–H groups in total. The predicted octanol–water partition coefficient (Wildman–Crippen LogP) is 2.81. The summed E-state index contributed by atoms with van der Waals surface area (Å²) in [5.41, 5.74) is 0.926. The van der Waals surface area contributed by atoms with E-state index < -0.39 is 22.0 Å². The molecule has 2 aromatic carbocycles. The Labute approximate surface area is 140 Å². The van der Waals surface area contributed by atoms with E-state index in [0.717, 1.165) is 0 Å². The molecule has 1 unspecified atom stereocenters. The highest BCUT2D eigenvalue weighted by atomic mass is 32.2. The van der Waals surface area contributed by atoms with Crippen LogP contribution in [0.25, 0.3) is 0 Å². The molecule has 0 bridgehead atoms. The molecule has 1 atom stereocenters. The van der Waals surface area contributed by atoms with Crippen molar-refractivity contribution in [2.75, 3.05) is 10.9 Å². The SMILES string of the molecule is CCOc1ccc(N2C(CC(=O)O)c3ccccc3S2(=O)=O)cc1. The lowest BCUT2D eigenvalue weighted by molar-refractivity contribution is -0.137. The van der Waals surface area contributed by atoms with E-state index in [1.807, 2.05) is 6.92 Å². The average molecular weight is 347 g/mol. The average Bonchev–Trinajstić information content (AvgIpc) is 2.76. The van der Waals surface area contributed by atoms with Gasteiger partial charge in [0.15, 0.2) is 0 Å². The number of aliphatic carboxylic acids is 1. The molecule has 1 aliphatic rings. The van der Waals surface area contributed by atoms with Crippen molar-refractivity contribution >= 4 is 21.7 Å². The molecule has 0 fully saturated rings. The van der Waals surface area contributed by atoms with Crippen molar-refractivity contribution in [2.45, 2.75) is 24.3 Å². The number of nitrogens with zero attached hydrogens (tertiary/aromatic N) is 1. The Morgan fingerprint density at radius 2 is 1.83 bits per heavy atom. The first-order chi connectivity index (χ1) is 11.4. The van der Waals surface area contributed by atoms with Crippen LogP contribution in [0.15, 0.2) is 53.4 Å². The van der Waals surface area contributed by atoms with Gasteiger partial charge in [-0.05, 0) is 42.8 Å². The van der Waals surface area contributed by atoms with Crippen LogP contribution in [0.5, 0.6) is 5.75 Å². The van der Waals surface area contributed by atoms with Gasteiger partial charge >= 0.3 is 5.97 Å². The highest BCUT2D eigenvalue weighted by molar-refractivity contribution is 7.93. The van der Waals surface area contributed by atoms with Gasteiger partial charge in [-0.2, -0.15) is 0 Å². The molecule has 6 nitrogen and oxygen atoms in total. The second-order valence-electron chi connectivity index (χ2n) is 5.38. The summed E-state index contributed by atoms with van der Waals surface area (Å²) >= 11 is 0. The summed E-state index contributed by atoms with van der Waals surface area (Å²) in [6.45, 7) is 2.37. The van der Waals surface area contributed by atoms with Crippen LogP contribution >= 0.6 is 0 Å².